The van der Waals surface area contributed by atoms with Crippen LogP contribution in [-0.4, -0.2) is 40.5 Å². The first-order chi connectivity index (χ1) is 27.6. The van der Waals surface area contributed by atoms with Gasteiger partial charge in [0.05, 0.1) is 5.56 Å². The predicted octanol–water partition coefficient (Wildman–Crippen LogP) is 11.3. The molecule has 10 heteroatoms. The summed E-state index contributed by atoms with van der Waals surface area (Å²) in [7, 11) is 0. The molecule has 0 bridgehead atoms. The highest BCUT2D eigenvalue weighted by Crippen LogP contribution is 2.36. The highest BCUT2D eigenvalue weighted by Gasteiger charge is 2.09. The number of hydrogen-bond donors (Lipinski definition) is 3. The van der Waals surface area contributed by atoms with E-state index in [9.17, 15) is 19.2 Å². The van der Waals surface area contributed by atoms with E-state index in [0.717, 1.165) is 36.2 Å². The molecule has 57 heavy (non-hydrogen) atoms. The van der Waals surface area contributed by atoms with Crippen molar-refractivity contribution in [2.24, 2.45) is 0 Å². The highest BCUT2D eigenvalue weighted by molar-refractivity contribution is 6.30. The summed E-state index contributed by atoms with van der Waals surface area (Å²) in [6.45, 7) is 2.02. The Bertz CT molecular complexity index is 2270. The number of aromatic hydroxyl groups is 3. The molecule has 0 aliphatic heterocycles. The van der Waals surface area contributed by atoms with Crippen molar-refractivity contribution in [3.8, 4) is 51.4 Å². The number of ether oxygens (including phenoxy) is 2. The third kappa shape index (κ3) is 13.7. The zero-order valence-electron chi connectivity index (χ0n) is 30.6. The number of carbonyl (C=O) groups is 4. The Labute approximate surface area is 334 Å². The van der Waals surface area contributed by atoms with Gasteiger partial charge in [-0.3, -0.25) is 19.2 Å². The van der Waals surface area contributed by atoms with Gasteiger partial charge in [0.15, 0.2) is 17.8 Å². The van der Waals surface area contributed by atoms with Crippen molar-refractivity contribution >= 4 is 36.7 Å². The van der Waals surface area contributed by atoms with Crippen LogP contribution < -0.4 is 9.47 Å². The van der Waals surface area contributed by atoms with Gasteiger partial charge in [-0.25, -0.2) is 0 Å². The zero-order chi connectivity index (χ0) is 41.0. The van der Waals surface area contributed by atoms with E-state index in [1.165, 1.54) is 17.2 Å². The molecule has 3 N–H and O–H groups in total. The smallest absolute Gasteiger partial charge is 0.201 e. The minimum absolute atomic E-state index is 0.0553. The number of carbonyl (C=O) groups excluding carboxylic acids is 4. The van der Waals surface area contributed by atoms with Crippen LogP contribution in [0.4, 0.5) is 0 Å². The van der Waals surface area contributed by atoms with E-state index in [0.29, 0.717) is 45.2 Å². The summed E-state index contributed by atoms with van der Waals surface area (Å²) < 4.78 is 11.2. The summed E-state index contributed by atoms with van der Waals surface area (Å²) in [4.78, 5) is 41.8. The van der Waals surface area contributed by atoms with Crippen molar-refractivity contribution < 1.29 is 44.0 Å². The average molecular weight is 781 g/mol. The van der Waals surface area contributed by atoms with E-state index < -0.39 is 17.2 Å². The second-order valence-corrected chi connectivity index (χ2v) is 12.4. The van der Waals surface area contributed by atoms with Crippen molar-refractivity contribution in [2.75, 3.05) is 0 Å². The molecular formula is C47H37ClO9. The van der Waals surface area contributed by atoms with Gasteiger partial charge in [-0.05, 0) is 90.8 Å². The second-order valence-electron chi connectivity index (χ2n) is 11.9. The van der Waals surface area contributed by atoms with Crippen molar-refractivity contribution in [1.29, 1.82) is 0 Å². The first kappa shape index (κ1) is 42.3. The Morgan fingerprint density at radius 3 is 1.42 bits per heavy atom. The van der Waals surface area contributed by atoms with Crippen LogP contribution in [0.2, 0.25) is 5.02 Å². The maximum Gasteiger partial charge on any atom is 0.201 e. The Morgan fingerprint density at radius 2 is 0.930 bits per heavy atom. The molecule has 0 atom stereocenters. The molecule has 0 saturated carbocycles. The maximum atomic E-state index is 10.6. The Morgan fingerprint density at radius 1 is 0.439 bits per heavy atom. The number of aryl methyl sites for hydroxylation is 1. The van der Waals surface area contributed by atoms with Crippen molar-refractivity contribution in [1.82, 2.24) is 0 Å². The lowest BCUT2D eigenvalue weighted by Crippen LogP contribution is -1.86. The van der Waals surface area contributed by atoms with Crippen LogP contribution in [0.1, 0.15) is 47.0 Å². The van der Waals surface area contributed by atoms with Gasteiger partial charge < -0.3 is 24.8 Å². The molecule has 0 amide bonds. The summed E-state index contributed by atoms with van der Waals surface area (Å²) in [5.41, 5.74) is 5.36. The Balaban J connectivity index is 0.000000170. The third-order valence-electron chi connectivity index (χ3n) is 7.74. The van der Waals surface area contributed by atoms with Gasteiger partial charge in [0.1, 0.15) is 41.9 Å². The summed E-state index contributed by atoms with van der Waals surface area (Å²) in [5, 5.41) is 27.3. The normalized spacial score (nSPS) is 9.72. The molecule has 0 fully saturated rings. The molecule has 0 saturated heterocycles. The van der Waals surface area contributed by atoms with Crippen LogP contribution >= 0.6 is 11.6 Å². The van der Waals surface area contributed by atoms with Gasteiger partial charge >= 0.3 is 0 Å². The van der Waals surface area contributed by atoms with Gasteiger partial charge in [-0.2, -0.15) is 0 Å². The largest absolute Gasteiger partial charge is 0.504 e. The molecule has 7 aromatic rings. The molecule has 0 aliphatic carbocycles. The summed E-state index contributed by atoms with van der Waals surface area (Å²) in [5.74, 6) is 1.05. The summed E-state index contributed by atoms with van der Waals surface area (Å²) >= 11 is 5.76. The lowest BCUT2D eigenvalue weighted by atomic mass is 10.0. The highest BCUT2D eigenvalue weighted by atomic mass is 35.5. The lowest BCUT2D eigenvalue weighted by Gasteiger charge is -2.05. The molecule has 0 aromatic heterocycles. The second kappa shape index (κ2) is 22.0. The van der Waals surface area contributed by atoms with Crippen LogP contribution in [0, 0.1) is 6.92 Å². The number of rotatable bonds is 9. The predicted molar refractivity (Wildman–Crippen MR) is 221 cm³/mol. The van der Waals surface area contributed by atoms with Crippen LogP contribution in [0.15, 0.2) is 164 Å². The zero-order valence-corrected chi connectivity index (χ0v) is 31.3. The van der Waals surface area contributed by atoms with Crippen molar-refractivity contribution in [2.45, 2.75) is 6.92 Å². The van der Waals surface area contributed by atoms with Crippen LogP contribution in [0.5, 0.6) is 40.2 Å². The van der Waals surface area contributed by atoms with Gasteiger partial charge in [0, 0.05) is 21.7 Å². The number of aldehydes is 4. The van der Waals surface area contributed by atoms with Crippen LogP contribution in [-0.2, 0) is 0 Å². The first-order valence-electron chi connectivity index (χ1n) is 17.2. The van der Waals surface area contributed by atoms with Gasteiger partial charge in [0.2, 0.25) is 5.75 Å². The quantitative estimate of drug-likeness (QED) is 0.0961. The fourth-order valence-corrected chi connectivity index (χ4v) is 4.87. The van der Waals surface area contributed by atoms with Crippen LogP contribution in [0.25, 0.3) is 11.1 Å². The fraction of sp³-hybridized carbons (Fsp3) is 0.0213. The molecule has 0 heterocycles. The molecule has 0 unspecified atom stereocenters. The number of hydrogen-bond acceptors (Lipinski definition) is 9. The van der Waals surface area contributed by atoms with Gasteiger partial charge in [-0.1, -0.05) is 108 Å². The summed E-state index contributed by atoms with van der Waals surface area (Å²) in [6, 6.07) is 48.9. The third-order valence-corrected chi connectivity index (χ3v) is 7.99. The molecule has 0 aliphatic rings. The van der Waals surface area contributed by atoms with E-state index in [4.69, 9.17) is 36.4 Å². The Hall–Kier alpha value is -7.49. The molecule has 0 radical (unpaired) electrons. The van der Waals surface area contributed by atoms with E-state index >= 15 is 0 Å². The molecule has 0 spiro atoms. The van der Waals surface area contributed by atoms with Crippen LogP contribution in [0.3, 0.4) is 0 Å². The van der Waals surface area contributed by atoms with Crippen molar-refractivity contribution in [3.63, 3.8) is 0 Å². The monoisotopic (exact) mass is 780 g/mol. The molecule has 9 nitrogen and oxygen atoms in total. The van der Waals surface area contributed by atoms with E-state index in [1.54, 1.807) is 66.7 Å². The fourth-order valence-electron chi connectivity index (χ4n) is 4.75. The number of benzene rings is 7. The van der Waals surface area contributed by atoms with Gasteiger partial charge in [0.25, 0.3) is 0 Å². The van der Waals surface area contributed by atoms with E-state index in [1.807, 2.05) is 79.7 Å². The maximum absolute atomic E-state index is 10.6. The number of phenols is 3. The number of halogens is 1. The first-order valence-corrected chi connectivity index (χ1v) is 17.6. The van der Waals surface area contributed by atoms with E-state index in [2.05, 4.69) is 12.1 Å². The molecule has 286 valence electrons. The standard InChI is InChI=1S/C14H12O2.C13H9ClO2.C13H10O.C7H6O4/c1-11-5-7-13(8-6-11)16-14-4-2-3-12(9-14)10-15;14-11-4-6-12(7-5-11)16-13-3-1-2-10(8-13)9-15;14-10-11-6-8-13(9-7-11)12-4-2-1-3-5-12;8-3-4-1-2-5(9)7(11)6(4)10/h2-10H,1H3;1-9H;1-10H;1-3,9-11H. The summed E-state index contributed by atoms with van der Waals surface area (Å²) in [6.07, 6.45) is 2.83. The molecular weight excluding hydrogens is 744 g/mol. The molecule has 7 aromatic carbocycles. The lowest BCUT2D eigenvalue weighted by molar-refractivity contribution is 0.111. The minimum Gasteiger partial charge on any atom is -0.504 e. The minimum atomic E-state index is -0.672. The van der Waals surface area contributed by atoms with E-state index in [-0.39, 0.29) is 5.56 Å². The SMILES string of the molecule is Cc1ccc(Oc2cccc(C=O)c2)cc1.O=Cc1ccc(-c2ccccc2)cc1.O=Cc1ccc(O)c(O)c1O.O=Cc1cccc(Oc2ccc(Cl)cc2)c1. The van der Waals surface area contributed by atoms with Gasteiger partial charge in [-0.15, -0.1) is 0 Å². The average Bonchev–Trinajstić information content (AvgIpc) is 3.26. The van der Waals surface area contributed by atoms with Crippen molar-refractivity contribution in [3.05, 3.63) is 197 Å². The Kier molecular flexibility index (Phi) is 16.3. The topological polar surface area (TPSA) is 147 Å². The molecule has 7 rings (SSSR count). The number of phenolic OH excluding ortho intramolecular Hbond substituents is 3.